The highest BCUT2D eigenvalue weighted by Crippen LogP contribution is 2.45. The SMILES string of the molecule is Cc1cn(C)nc1[C@H](N)C1(C)CCCC1. The van der Waals surface area contributed by atoms with Crippen molar-refractivity contribution >= 4 is 0 Å². The molecule has 15 heavy (non-hydrogen) atoms. The van der Waals surface area contributed by atoms with Gasteiger partial charge in [-0.3, -0.25) is 4.68 Å². The second-order valence-corrected chi connectivity index (χ2v) is 5.21. The molecule has 1 fully saturated rings. The standard InChI is InChI=1S/C12H21N3/c1-9-8-15(3)14-10(9)11(13)12(2)6-4-5-7-12/h8,11H,4-7,13H2,1-3H3/t11-/m0/s1. The van der Waals surface area contributed by atoms with Crippen LogP contribution in [0.15, 0.2) is 6.20 Å². The Hall–Kier alpha value is -0.830. The lowest BCUT2D eigenvalue weighted by atomic mass is 9.79. The van der Waals surface area contributed by atoms with Gasteiger partial charge in [-0.25, -0.2) is 0 Å². The van der Waals surface area contributed by atoms with Gasteiger partial charge in [0.15, 0.2) is 0 Å². The molecule has 0 saturated heterocycles. The summed E-state index contributed by atoms with van der Waals surface area (Å²) in [5, 5.41) is 4.49. The fourth-order valence-corrected chi connectivity index (χ4v) is 2.76. The summed E-state index contributed by atoms with van der Waals surface area (Å²) in [4.78, 5) is 0. The zero-order chi connectivity index (χ0) is 11.1. The van der Waals surface area contributed by atoms with Gasteiger partial charge in [0.05, 0.1) is 11.7 Å². The summed E-state index contributed by atoms with van der Waals surface area (Å²) in [6, 6.07) is 0.0983. The summed E-state index contributed by atoms with van der Waals surface area (Å²) in [6.45, 7) is 4.40. The van der Waals surface area contributed by atoms with E-state index in [0.29, 0.717) is 0 Å². The highest BCUT2D eigenvalue weighted by molar-refractivity contribution is 5.21. The number of nitrogens with two attached hydrogens (primary N) is 1. The number of aromatic nitrogens is 2. The van der Waals surface area contributed by atoms with Gasteiger partial charge < -0.3 is 5.73 Å². The van der Waals surface area contributed by atoms with Gasteiger partial charge in [0.2, 0.25) is 0 Å². The minimum absolute atomic E-state index is 0.0983. The molecule has 3 heteroatoms. The average molecular weight is 207 g/mol. The second-order valence-electron chi connectivity index (χ2n) is 5.21. The summed E-state index contributed by atoms with van der Waals surface area (Å²) >= 11 is 0. The Bertz CT molecular complexity index is 348. The van der Waals surface area contributed by atoms with Crippen LogP contribution in [0.25, 0.3) is 0 Å². The van der Waals surface area contributed by atoms with Crippen LogP contribution in [0.4, 0.5) is 0 Å². The summed E-state index contributed by atoms with van der Waals surface area (Å²) in [6.07, 6.45) is 7.16. The number of nitrogens with zero attached hydrogens (tertiary/aromatic N) is 2. The topological polar surface area (TPSA) is 43.8 Å². The lowest BCUT2D eigenvalue weighted by molar-refractivity contribution is 0.259. The van der Waals surface area contributed by atoms with Crippen LogP contribution in [0, 0.1) is 12.3 Å². The largest absolute Gasteiger partial charge is 0.322 e. The third-order valence-electron chi connectivity index (χ3n) is 3.84. The maximum Gasteiger partial charge on any atom is 0.0826 e. The van der Waals surface area contributed by atoms with E-state index in [1.54, 1.807) is 0 Å². The molecular formula is C12H21N3. The zero-order valence-corrected chi connectivity index (χ0v) is 9.95. The van der Waals surface area contributed by atoms with Crippen LogP contribution in [0.5, 0.6) is 0 Å². The van der Waals surface area contributed by atoms with Gasteiger partial charge in [-0.05, 0) is 30.7 Å². The first kappa shape index (κ1) is 10.7. The minimum atomic E-state index is 0.0983. The van der Waals surface area contributed by atoms with Crippen LogP contribution in [0.1, 0.15) is 49.9 Å². The van der Waals surface area contributed by atoms with Crippen molar-refractivity contribution in [3.63, 3.8) is 0 Å². The molecule has 0 aromatic carbocycles. The molecule has 1 aliphatic carbocycles. The van der Waals surface area contributed by atoms with Crippen molar-refractivity contribution in [2.45, 2.75) is 45.6 Å². The third kappa shape index (κ3) is 1.81. The lowest BCUT2D eigenvalue weighted by Crippen LogP contribution is -2.30. The number of hydrogen-bond donors (Lipinski definition) is 1. The van der Waals surface area contributed by atoms with Crippen molar-refractivity contribution in [2.75, 3.05) is 0 Å². The number of aryl methyl sites for hydroxylation is 2. The molecule has 1 heterocycles. The fraction of sp³-hybridized carbons (Fsp3) is 0.750. The predicted molar refractivity (Wildman–Crippen MR) is 61.4 cm³/mol. The van der Waals surface area contributed by atoms with Crippen molar-refractivity contribution < 1.29 is 0 Å². The van der Waals surface area contributed by atoms with Gasteiger partial charge >= 0.3 is 0 Å². The van der Waals surface area contributed by atoms with Crippen LogP contribution in [0.3, 0.4) is 0 Å². The normalized spacial score (nSPS) is 21.9. The maximum absolute atomic E-state index is 6.37. The monoisotopic (exact) mass is 207 g/mol. The summed E-state index contributed by atoms with van der Waals surface area (Å²) in [5.41, 5.74) is 8.94. The van der Waals surface area contributed by atoms with Gasteiger partial charge in [0.1, 0.15) is 0 Å². The highest BCUT2D eigenvalue weighted by Gasteiger charge is 2.37. The van der Waals surface area contributed by atoms with Crippen molar-refractivity contribution in [2.24, 2.45) is 18.2 Å². The van der Waals surface area contributed by atoms with Gasteiger partial charge in [-0.1, -0.05) is 19.8 Å². The van der Waals surface area contributed by atoms with E-state index in [9.17, 15) is 0 Å². The molecule has 1 aliphatic rings. The van der Waals surface area contributed by atoms with Crippen LogP contribution < -0.4 is 5.73 Å². The molecule has 1 aromatic rings. The van der Waals surface area contributed by atoms with Gasteiger partial charge in [-0.2, -0.15) is 5.10 Å². The molecule has 2 rings (SSSR count). The first-order valence-corrected chi connectivity index (χ1v) is 5.79. The van der Waals surface area contributed by atoms with Crippen molar-refractivity contribution in [3.8, 4) is 0 Å². The molecule has 84 valence electrons. The van der Waals surface area contributed by atoms with Gasteiger partial charge in [0, 0.05) is 13.2 Å². The molecule has 2 N–H and O–H groups in total. The fourth-order valence-electron chi connectivity index (χ4n) is 2.76. The van der Waals surface area contributed by atoms with Crippen LogP contribution in [-0.4, -0.2) is 9.78 Å². The van der Waals surface area contributed by atoms with Crippen LogP contribution in [0.2, 0.25) is 0 Å². The smallest absolute Gasteiger partial charge is 0.0826 e. The van der Waals surface area contributed by atoms with Crippen molar-refractivity contribution in [3.05, 3.63) is 17.5 Å². The molecule has 0 amide bonds. The highest BCUT2D eigenvalue weighted by atomic mass is 15.3. The van der Waals surface area contributed by atoms with Gasteiger partial charge in [0.25, 0.3) is 0 Å². The van der Waals surface area contributed by atoms with E-state index < -0.39 is 0 Å². The van der Waals surface area contributed by atoms with Crippen molar-refractivity contribution in [1.29, 1.82) is 0 Å². The summed E-state index contributed by atoms with van der Waals surface area (Å²) in [5.74, 6) is 0. The molecule has 0 aliphatic heterocycles. The van der Waals surface area contributed by atoms with E-state index in [0.717, 1.165) is 5.69 Å². The van der Waals surface area contributed by atoms with E-state index in [-0.39, 0.29) is 11.5 Å². The predicted octanol–water partition coefficient (Wildman–Crippen LogP) is 2.31. The van der Waals surface area contributed by atoms with Crippen LogP contribution in [-0.2, 0) is 7.05 Å². The Morgan fingerprint density at radius 2 is 2.07 bits per heavy atom. The molecular weight excluding hydrogens is 186 g/mol. The Morgan fingerprint density at radius 3 is 2.53 bits per heavy atom. The zero-order valence-electron chi connectivity index (χ0n) is 9.95. The molecule has 1 saturated carbocycles. The first-order chi connectivity index (χ1) is 7.03. The minimum Gasteiger partial charge on any atom is -0.322 e. The van der Waals surface area contributed by atoms with Crippen molar-refractivity contribution in [1.82, 2.24) is 9.78 Å². The van der Waals surface area contributed by atoms with E-state index in [1.807, 2.05) is 17.9 Å². The third-order valence-corrected chi connectivity index (χ3v) is 3.84. The molecule has 0 bridgehead atoms. The molecule has 1 atom stereocenters. The number of hydrogen-bond acceptors (Lipinski definition) is 2. The molecule has 3 nitrogen and oxygen atoms in total. The Balaban J connectivity index is 2.27. The molecule has 1 aromatic heterocycles. The molecule has 0 radical (unpaired) electrons. The first-order valence-electron chi connectivity index (χ1n) is 5.79. The van der Waals surface area contributed by atoms with E-state index in [2.05, 4.69) is 18.9 Å². The van der Waals surface area contributed by atoms with E-state index >= 15 is 0 Å². The Kier molecular flexibility index (Phi) is 2.59. The quantitative estimate of drug-likeness (QED) is 0.808. The Morgan fingerprint density at radius 1 is 1.47 bits per heavy atom. The van der Waals surface area contributed by atoms with E-state index in [1.165, 1.54) is 31.2 Å². The lowest BCUT2D eigenvalue weighted by Gasteiger charge is -2.30. The number of rotatable bonds is 2. The van der Waals surface area contributed by atoms with Crippen LogP contribution >= 0.6 is 0 Å². The molecule has 0 spiro atoms. The second kappa shape index (κ2) is 3.63. The summed E-state index contributed by atoms with van der Waals surface area (Å²) in [7, 11) is 1.96. The summed E-state index contributed by atoms with van der Waals surface area (Å²) < 4.78 is 1.86. The Labute approximate surface area is 91.7 Å². The molecule has 0 unspecified atom stereocenters. The maximum atomic E-state index is 6.37. The average Bonchev–Trinajstić information content (AvgIpc) is 2.73. The van der Waals surface area contributed by atoms with E-state index in [4.69, 9.17) is 5.73 Å². The van der Waals surface area contributed by atoms with Gasteiger partial charge in [-0.15, -0.1) is 0 Å².